The third-order valence-electron chi connectivity index (χ3n) is 5.14. The number of nitrogens with zero attached hydrogens (tertiary/aromatic N) is 2. The number of halogens is 1. The van der Waals surface area contributed by atoms with Gasteiger partial charge in [-0.25, -0.2) is 4.39 Å². The van der Waals surface area contributed by atoms with Gasteiger partial charge in [0.15, 0.2) is 0 Å². The molecule has 2 heterocycles. The van der Waals surface area contributed by atoms with Crippen molar-refractivity contribution in [2.24, 2.45) is 0 Å². The molecule has 4 rings (SSSR count). The Kier molecular flexibility index (Phi) is 5.37. The maximum atomic E-state index is 12.9. The summed E-state index contributed by atoms with van der Waals surface area (Å²) in [5.74, 6) is 0.432. The molecule has 0 aromatic heterocycles. The Balaban J connectivity index is 1.24. The normalized spacial score (nSPS) is 20.2. The molecule has 2 aromatic rings. The minimum absolute atomic E-state index is 0.0552. The molecule has 138 valence electrons. The number of benzene rings is 2. The second-order valence-corrected chi connectivity index (χ2v) is 6.92. The van der Waals surface area contributed by atoms with E-state index in [9.17, 15) is 4.39 Å². The van der Waals surface area contributed by atoms with Crippen molar-refractivity contribution in [1.82, 2.24) is 4.90 Å². The molecule has 2 aliphatic rings. The van der Waals surface area contributed by atoms with Crippen molar-refractivity contribution in [2.75, 3.05) is 50.8 Å². The fraction of sp³-hybridized carbons (Fsp3) is 0.429. The SMILES string of the molecule is Fc1ccc(OCC2CN(CCN3CCc4ccccc43)CCO2)cc1. The van der Waals surface area contributed by atoms with Crippen LogP contribution in [0.1, 0.15) is 5.56 Å². The lowest BCUT2D eigenvalue weighted by atomic mass is 10.2. The van der Waals surface area contributed by atoms with Crippen molar-refractivity contribution < 1.29 is 13.9 Å². The van der Waals surface area contributed by atoms with E-state index in [4.69, 9.17) is 9.47 Å². The monoisotopic (exact) mass is 356 g/mol. The summed E-state index contributed by atoms with van der Waals surface area (Å²) in [6.45, 7) is 6.25. The molecule has 0 N–H and O–H groups in total. The molecule has 0 saturated carbocycles. The molecule has 4 nitrogen and oxygen atoms in total. The van der Waals surface area contributed by atoms with Crippen molar-refractivity contribution in [2.45, 2.75) is 12.5 Å². The standard InChI is InChI=1S/C21H25FN2O2/c22-18-5-7-19(8-6-18)26-16-20-15-23(13-14-25-20)11-12-24-10-9-17-3-1-2-4-21(17)24/h1-8,20H,9-16H2. The van der Waals surface area contributed by atoms with Crippen molar-refractivity contribution in [3.63, 3.8) is 0 Å². The quantitative estimate of drug-likeness (QED) is 0.795. The van der Waals surface area contributed by atoms with Crippen molar-refractivity contribution >= 4 is 5.69 Å². The highest BCUT2D eigenvalue weighted by Gasteiger charge is 2.23. The molecule has 1 unspecified atom stereocenters. The summed E-state index contributed by atoms with van der Waals surface area (Å²) in [4.78, 5) is 4.93. The summed E-state index contributed by atoms with van der Waals surface area (Å²) in [6, 6.07) is 14.8. The van der Waals surface area contributed by atoms with Gasteiger partial charge in [-0.1, -0.05) is 18.2 Å². The van der Waals surface area contributed by atoms with Gasteiger partial charge in [0.2, 0.25) is 0 Å². The van der Waals surface area contributed by atoms with Gasteiger partial charge in [0.05, 0.1) is 6.61 Å². The maximum Gasteiger partial charge on any atom is 0.123 e. The van der Waals surface area contributed by atoms with Crippen LogP contribution in [0.5, 0.6) is 5.75 Å². The zero-order valence-corrected chi connectivity index (χ0v) is 14.9. The third kappa shape index (κ3) is 4.17. The highest BCUT2D eigenvalue weighted by molar-refractivity contribution is 5.57. The summed E-state index contributed by atoms with van der Waals surface area (Å²) in [5, 5.41) is 0. The van der Waals surface area contributed by atoms with E-state index in [0.717, 1.165) is 45.8 Å². The molecule has 26 heavy (non-hydrogen) atoms. The summed E-state index contributed by atoms with van der Waals surface area (Å²) in [5.41, 5.74) is 2.84. The molecule has 0 amide bonds. The topological polar surface area (TPSA) is 24.9 Å². The number of rotatable bonds is 6. The highest BCUT2D eigenvalue weighted by Crippen LogP contribution is 2.27. The molecule has 0 radical (unpaired) electrons. The van der Waals surface area contributed by atoms with E-state index < -0.39 is 0 Å². The highest BCUT2D eigenvalue weighted by atomic mass is 19.1. The second-order valence-electron chi connectivity index (χ2n) is 6.92. The smallest absolute Gasteiger partial charge is 0.123 e. The molecular formula is C21H25FN2O2. The number of anilines is 1. The average molecular weight is 356 g/mol. The Morgan fingerprint density at radius 2 is 1.88 bits per heavy atom. The molecule has 0 bridgehead atoms. The van der Waals surface area contributed by atoms with Gasteiger partial charge in [0, 0.05) is 38.4 Å². The molecule has 0 aliphatic carbocycles. The van der Waals surface area contributed by atoms with Crippen LogP contribution in [-0.2, 0) is 11.2 Å². The van der Waals surface area contributed by atoms with Crippen LogP contribution in [0.15, 0.2) is 48.5 Å². The fourth-order valence-corrected chi connectivity index (χ4v) is 3.71. The average Bonchev–Trinajstić information content (AvgIpc) is 3.09. The van der Waals surface area contributed by atoms with Gasteiger partial charge in [-0.05, 0) is 42.3 Å². The van der Waals surface area contributed by atoms with Gasteiger partial charge in [-0.15, -0.1) is 0 Å². The zero-order valence-electron chi connectivity index (χ0n) is 14.9. The van der Waals surface area contributed by atoms with Crippen LogP contribution in [-0.4, -0.2) is 56.9 Å². The maximum absolute atomic E-state index is 12.9. The van der Waals surface area contributed by atoms with E-state index >= 15 is 0 Å². The number of morpholine rings is 1. The van der Waals surface area contributed by atoms with E-state index in [1.807, 2.05) is 0 Å². The zero-order chi connectivity index (χ0) is 17.8. The van der Waals surface area contributed by atoms with Gasteiger partial charge < -0.3 is 14.4 Å². The first-order valence-corrected chi connectivity index (χ1v) is 9.33. The summed E-state index contributed by atoms with van der Waals surface area (Å²) in [7, 11) is 0. The van der Waals surface area contributed by atoms with Gasteiger partial charge in [0.25, 0.3) is 0 Å². The molecule has 1 atom stereocenters. The molecule has 2 aromatic carbocycles. The van der Waals surface area contributed by atoms with Gasteiger partial charge in [0.1, 0.15) is 24.3 Å². The number of hydrogen-bond acceptors (Lipinski definition) is 4. The summed E-state index contributed by atoms with van der Waals surface area (Å²) < 4.78 is 24.5. The number of hydrogen-bond donors (Lipinski definition) is 0. The molecular weight excluding hydrogens is 331 g/mol. The Bertz CT molecular complexity index is 722. The first-order chi connectivity index (χ1) is 12.8. The predicted octanol–water partition coefficient (Wildman–Crippen LogP) is 2.97. The minimum atomic E-state index is -0.249. The lowest BCUT2D eigenvalue weighted by Crippen LogP contribution is -2.47. The Morgan fingerprint density at radius 1 is 1.04 bits per heavy atom. The van der Waals surface area contributed by atoms with Gasteiger partial charge in [-0.2, -0.15) is 0 Å². The Hall–Kier alpha value is -2.11. The van der Waals surface area contributed by atoms with Crippen LogP contribution in [0.2, 0.25) is 0 Å². The fourth-order valence-electron chi connectivity index (χ4n) is 3.71. The second kappa shape index (κ2) is 8.06. The largest absolute Gasteiger partial charge is 0.491 e. The van der Waals surface area contributed by atoms with Crippen LogP contribution in [0.3, 0.4) is 0 Å². The minimum Gasteiger partial charge on any atom is -0.491 e. The van der Waals surface area contributed by atoms with Gasteiger partial charge >= 0.3 is 0 Å². The van der Waals surface area contributed by atoms with E-state index in [0.29, 0.717) is 12.4 Å². The van der Waals surface area contributed by atoms with E-state index in [1.54, 1.807) is 12.1 Å². The Labute approximate surface area is 154 Å². The third-order valence-corrected chi connectivity index (χ3v) is 5.14. The van der Waals surface area contributed by atoms with Crippen molar-refractivity contribution in [1.29, 1.82) is 0 Å². The van der Waals surface area contributed by atoms with Crippen LogP contribution in [0.4, 0.5) is 10.1 Å². The number of fused-ring (bicyclic) bond motifs is 1. The lowest BCUT2D eigenvalue weighted by Gasteiger charge is -2.34. The molecule has 5 heteroatoms. The van der Waals surface area contributed by atoms with Gasteiger partial charge in [-0.3, -0.25) is 4.90 Å². The summed E-state index contributed by atoms with van der Waals surface area (Å²) >= 11 is 0. The molecule has 0 spiro atoms. The first kappa shape index (κ1) is 17.3. The molecule has 1 fully saturated rings. The van der Waals surface area contributed by atoms with Crippen LogP contribution in [0, 0.1) is 5.82 Å². The molecule has 2 aliphatic heterocycles. The van der Waals surface area contributed by atoms with Crippen molar-refractivity contribution in [3.8, 4) is 5.75 Å². The predicted molar refractivity (Wildman–Crippen MR) is 100 cm³/mol. The lowest BCUT2D eigenvalue weighted by molar-refractivity contribution is -0.0470. The first-order valence-electron chi connectivity index (χ1n) is 9.33. The summed E-state index contributed by atoms with van der Waals surface area (Å²) in [6.07, 6.45) is 1.20. The van der Waals surface area contributed by atoms with Crippen LogP contribution in [0.25, 0.3) is 0 Å². The number of para-hydroxylation sites is 1. The van der Waals surface area contributed by atoms with Crippen LogP contribution < -0.4 is 9.64 Å². The van der Waals surface area contributed by atoms with E-state index in [-0.39, 0.29) is 11.9 Å². The number of ether oxygens (including phenoxy) is 2. The molecule has 1 saturated heterocycles. The van der Waals surface area contributed by atoms with E-state index in [2.05, 4.69) is 34.1 Å². The van der Waals surface area contributed by atoms with Crippen molar-refractivity contribution in [3.05, 3.63) is 59.9 Å². The van der Waals surface area contributed by atoms with Crippen LogP contribution >= 0.6 is 0 Å². The Morgan fingerprint density at radius 3 is 2.77 bits per heavy atom. The van der Waals surface area contributed by atoms with E-state index in [1.165, 1.54) is 23.4 Å².